The average Bonchev–Trinajstić information content (AvgIpc) is 3.03. The van der Waals surface area contributed by atoms with Crippen LogP contribution in [0.5, 0.6) is 0 Å². The molecular weight excluding hydrogens is 484 g/mol. The van der Waals surface area contributed by atoms with E-state index in [4.69, 9.17) is 0 Å². The van der Waals surface area contributed by atoms with Crippen molar-refractivity contribution in [1.29, 1.82) is 0 Å². The molecule has 4 aromatic rings. The van der Waals surface area contributed by atoms with Gasteiger partial charge in [0.25, 0.3) is 0 Å². The highest BCUT2D eigenvalue weighted by atomic mass is 15.2. The molecule has 0 radical (unpaired) electrons. The summed E-state index contributed by atoms with van der Waals surface area (Å²) in [6, 6.07) is 37.8. The maximum atomic E-state index is 2.54. The minimum absolute atomic E-state index is 0.650. The third kappa shape index (κ3) is 4.99. The quantitative estimate of drug-likeness (QED) is 0.248. The minimum atomic E-state index is 0.650. The smallest absolute Gasteiger partial charge is 0.0464 e. The number of hydrogen-bond donors (Lipinski definition) is 0. The van der Waals surface area contributed by atoms with Crippen LogP contribution in [0.3, 0.4) is 0 Å². The van der Waals surface area contributed by atoms with Crippen molar-refractivity contribution in [2.24, 2.45) is 11.8 Å². The number of para-hydroxylation sites is 2. The number of hydrogen-bond acceptors (Lipinski definition) is 2. The van der Waals surface area contributed by atoms with E-state index in [1.165, 1.54) is 96.6 Å². The molecule has 7 rings (SSSR count). The largest absolute Gasteiger partial charge is 0.311 e. The summed E-state index contributed by atoms with van der Waals surface area (Å²) in [4.78, 5) is 4.83. The molecule has 2 unspecified atom stereocenters. The van der Waals surface area contributed by atoms with Crippen molar-refractivity contribution in [1.82, 2.24) is 0 Å². The van der Waals surface area contributed by atoms with E-state index >= 15 is 0 Å². The van der Waals surface area contributed by atoms with Crippen LogP contribution in [0.25, 0.3) is 0 Å². The van der Waals surface area contributed by atoms with Gasteiger partial charge in [0.05, 0.1) is 0 Å². The number of aryl methyl sites for hydroxylation is 2. The van der Waals surface area contributed by atoms with Crippen LogP contribution in [0.15, 0.2) is 127 Å². The maximum absolute atomic E-state index is 2.54. The summed E-state index contributed by atoms with van der Waals surface area (Å²) >= 11 is 0. The van der Waals surface area contributed by atoms with Crippen molar-refractivity contribution < 1.29 is 0 Å². The van der Waals surface area contributed by atoms with Crippen LogP contribution in [0.2, 0.25) is 0 Å². The Kier molecular flexibility index (Phi) is 7.00. The summed E-state index contributed by atoms with van der Waals surface area (Å²) in [6.45, 7) is 0. The Morgan fingerprint density at radius 3 is 1.73 bits per heavy atom. The fourth-order valence-electron chi connectivity index (χ4n) is 6.94. The third-order valence-corrected chi connectivity index (χ3v) is 9.02. The van der Waals surface area contributed by atoms with Crippen LogP contribution < -0.4 is 9.80 Å². The number of allylic oxidation sites excluding steroid dienone is 3. The second-order valence-corrected chi connectivity index (χ2v) is 11.6. The lowest BCUT2D eigenvalue weighted by atomic mass is 9.76. The summed E-state index contributed by atoms with van der Waals surface area (Å²) in [6.07, 6.45) is 17.7. The van der Waals surface area contributed by atoms with Gasteiger partial charge in [-0.15, -0.1) is 0 Å². The summed E-state index contributed by atoms with van der Waals surface area (Å²) in [5.41, 5.74) is 10.3. The van der Waals surface area contributed by atoms with Crippen LogP contribution >= 0.6 is 0 Å². The highest BCUT2D eigenvalue weighted by Gasteiger charge is 2.26. The monoisotopic (exact) mass is 522 g/mol. The summed E-state index contributed by atoms with van der Waals surface area (Å²) in [5, 5.41) is 0. The average molecular weight is 523 g/mol. The van der Waals surface area contributed by atoms with Crippen molar-refractivity contribution in [2.75, 3.05) is 9.80 Å². The van der Waals surface area contributed by atoms with E-state index in [2.05, 4.69) is 131 Å². The highest BCUT2D eigenvalue weighted by Crippen LogP contribution is 2.41. The Morgan fingerprint density at radius 1 is 0.475 bits per heavy atom. The molecule has 2 atom stereocenters. The zero-order valence-corrected chi connectivity index (χ0v) is 23.3. The van der Waals surface area contributed by atoms with E-state index in [1.807, 2.05) is 0 Å². The van der Waals surface area contributed by atoms with E-state index in [0.717, 1.165) is 0 Å². The van der Waals surface area contributed by atoms with Gasteiger partial charge in [0, 0.05) is 34.1 Å². The first-order chi connectivity index (χ1) is 19.8. The molecular formula is C38H38N2. The van der Waals surface area contributed by atoms with Gasteiger partial charge in [-0.05, 0) is 128 Å². The molecule has 2 nitrogen and oxygen atoms in total. The highest BCUT2D eigenvalue weighted by molar-refractivity contribution is 5.79. The van der Waals surface area contributed by atoms with Crippen LogP contribution in [0, 0.1) is 11.8 Å². The van der Waals surface area contributed by atoms with Gasteiger partial charge in [0.15, 0.2) is 0 Å². The van der Waals surface area contributed by atoms with Crippen LogP contribution in [-0.2, 0) is 12.8 Å². The second-order valence-electron chi connectivity index (χ2n) is 11.6. The van der Waals surface area contributed by atoms with E-state index < -0.39 is 0 Å². The molecule has 0 aromatic heterocycles. The molecule has 1 saturated carbocycles. The first-order valence-electron chi connectivity index (χ1n) is 15.2. The number of rotatable bonds is 6. The maximum Gasteiger partial charge on any atom is 0.0464 e. The number of nitrogens with zero attached hydrogens (tertiary/aromatic N) is 2. The lowest BCUT2D eigenvalue weighted by Gasteiger charge is -2.35. The summed E-state index contributed by atoms with van der Waals surface area (Å²) in [7, 11) is 0. The molecule has 0 heterocycles. The SMILES string of the molecule is C1=CC2CCCCC2C=C1N(c1ccccc1)c1ccc(N(c2ccccc2)c2ccc3c(c2)CCCC3)cc1. The standard InChI is InChI=1S/C38H38N2/c1-3-15-33(16-4-1)39(37-21-19-29-11-7-9-13-31(29)27-37)35-23-25-36(26-24-35)40(34-17-5-2-6-18-34)38-22-20-30-12-8-10-14-32(30)28-38/h1-6,15-29,31H,7-14H2. The van der Waals surface area contributed by atoms with Crippen molar-refractivity contribution in [3.8, 4) is 0 Å². The van der Waals surface area contributed by atoms with E-state index in [9.17, 15) is 0 Å². The number of anilines is 5. The zero-order valence-electron chi connectivity index (χ0n) is 23.3. The molecule has 2 heteroatoms. The normalized spacial score (nSPS) is 19.8. The van der Waals surface area contributed by atoms with Crippen LogP contribution in [-0.4, -0.2) is 0 Å². The molecule has 1 fully saturated rings. The van der Waals surface area contributed by atoms with Gasteiger partial charge in [-0.25, -0.2) is 0 Å². The lowest BCUT2D eigenvalue weighted by Crippen LogP contribution is -2.24. The van der Waals surface area contributed by atoms with E-state index in [1.54, 1.807) is 0 Å². The van der Waals surface area contributed by atoms with Crippen molar-refractivity contribution in [2.45, 2.75) is 51.4 Å². The molecule has 0 aliphatic heterocycles. The van der Waals surface area contributed by atoms with Crippen LogP contribution in [0.4, 0.5) is 28.4 Å². The Morgan fingerprint density at radius 2 is 1.02 bits per heavy atom. The molecule has 0 saturated heterocycles. The first-order valence-corrected chi connectivity index (χ1v) is 15.2. The Hall–Kier alpha value is -4.04. The molecule has 200 valence electrons. The Balaban J connectivity index is 1.27. The first kappa shape index (κ1) is 25.0. The molecule has 3 aliphatic rings. The molecule has 3 aliphatic carbocycles. The fourth-order valence-corrected chi connectivity index (χ4v) is 6.94. The molecule has 0 spiro atoms. The predicted octanol–water partition coefficient (Wildman–Crippen LogP) is 10.4. The van der Waals surface area contributed by atoms with Crippen molar-refractivity contribution in [3.05, 3.63) is 138 Å². The van der Waals surface area contributed by atoms with E-state index in [0.29, 0.717) is 11.8 Å². The lowest BCUT2D eigenvalue weighted by molar-refractivity contribution is 0.333. The Labute approximate surface area is 239 Å². The molecule has 40 heavy (non-hydrogen) atoms. The second kappa shape index (κ2) is 11.2. The number of benzene rings is 4. The number of fused-ring (bicyclic) bond motifs is 2. The summed E-state index contributed by atoms with van der Waals surface area (Å²) in [5.74, 6) is 1.35. The van der Waals surface area contributed by atoms with Gasteiger partial charge >= 0.3 is 0 Å². The van der Waals surface area contributed by atoms with Gasteiger partial charge < -0.3 is 9.80 Å². The Bertz CT molecular complexity index is 1500. The minimum Gasteiger partial charge on any atom is -0.311 e. The van der Waals surface area contributed by atoms with Crippen molar-refractivity contribution >= 4 is 28.4 Å². The van der Waals surface area contributed by atoms with Gasteiger partial charge in [0.1, 0.15) is 0 Å². The van der Waals surface area contributed by atoms with E-state index in [-0.39, 0.29) is 0 Å². The molecule has 4 aromatic carbocycles. The molecule has 0 N–H and O–H groups in total. The fraction of sp³-hybridized carbons (Fsp3) is 0.263. The summed E-state index contributed by atoms with van der Waals surface area (Å²) < 4.78 is 0. The molecule has 0 amide bonds. The van der Waals surface area contributed by atoms with Crippen LogP contribution in [0.1, 0.15) is 49.7 Å². The third-order valence-electron chi connectivity index (χ3n) is 9.02. The van der Waals surface area contributed by atoms with Gasteiger partial charge in [-0.3, -0.25) is 0 Å². The van der Waals surface area contributed by atoms with Gasteiger partial charge in [-0.2, -0.15) is 0 Å². The zero-order chi connectivity index (χ0) is 26.7. The predicted molar refractivity (Wildman–Crippen MR) is 169 cm³/mol. The van der Waals surface area contributed by atoms with Gasteiger partial charge in [-0.1, -0.05) is 67.5 Å². The van der Waals surface area contributed by atoms with Gasteiger partial charge in [0.2, 0.25) is 0 Å². The molecule has 0 bridgehead atoms. The topological polar surface area (TPSA) is 6.48 Å². The van der Waals surface area contributed by atoms with Crippen molar-refractivity contribution in [3.63, 3.8) is 0 Å².